The Labute approximate surface area is 158 Å². The number of aliphatic carboxylic acids is 2. The molecule has 0 aliphatic carbocycles. The number of hydrogen-bond donors (Lipinski definition) is 6. The van der Waals surface area contributed by atoms with Crippen molar-refractivity contribution in [2.24, 2.45) is 0 Å². The van der Waals surface area contributed by atoms with E-state index in [1.165, 1.54) is 0 Å². The van der Waals surface area contributed by atoms with Crippen molar-refractivity contribution in [3.63, 3.8) is 0 Å². The molecule has 0 unspecified atom stereocenters. The van der Waals surface area contributed by atoms with Crippen LogP contribution in [0.1, 0.15) is 0 Å². The number of aliphatic hydroxyl groups excluding tert-OH is 3. The van der Waals surface area contributed by atoms with Crippen LogP contribution in [0.5, 0.6) is 0 Å². The fourth-order valence-electron chi connectivity index (χ4n) is 3.11. The van der Waals surface area contributed by atoms with E-state index in [1.807, 2.05) is 4.90 Å². The number of carboxylic acid groups (broad SMARTS) is 2. The van der Waals surface area contributed by atoms with Crippen LogP contribution in [0.15, 0.2) is 0 Å². The molecular formula is C16H32N4O7. The Hall–Kier alpha value is -1.34. The van der Waals surface area contributed by atoms with Gasteiger partial charge in [-0.25, -0.2) is 0 Å². The quantitative estimate of drug-likeness (QED) is 0.242. The van der Waals surface area contributed by atoms with Crippen LogP contribution < -0.4 is 5.32 Å². The molecule has 11 heteroatoms. The lowest BCUT2D eigenvalue weighted by Gasteiger charge is -2.35. The molecule has 0 aromatic carbocycles. The van der Waals surface area contributed by atoms with Gasteiger partial charge in [0, 0.05) is 52.4 Å². The number of nitrogens with one attached hydrogen (secondary N) is 1. The van der Waals surface area contributed by atoms with Gasteiger partial charge in [0.2, 0.25) is 0 Å². The van der Waals surface area contributed by atoms with Crippen LogP contribution in [0, 0.1) is 0 Å². The SMILES string of the molecule is O=C(O)CN1CCNCCN([C@@H](CO)[C@@H](O)CO)CCN(CC(=O)O)CC1. The third kappa shape index (κ3) is 9.42. The summed E-state index contributed by atoms with van der Waals surface area (Å²) in [5.41, 5.74) is 0. The van der Waals surface area contributed by atoms with Crippen molar-refractivity contribution in [1.82, 2.24) is 20.0 Å². The monoisotopic (exact) mass is 392 g/mol. The van der Waals surface area contributed by atoms with Gasteiger partial charge in [-0.2, -0.15) is 0 Å². The highest BCUT2D eigenvalue weighted by Crippen LogP contribution is 2.06. The van der Waals surface area contributed by atoms with Crippen molar-refractivity contribution in [3.8, 4) is 0 Å². The van der Waals surface area contributed by atoms with E-state index in [9.17, 15) is 24.9 Å². The molecule has 2 atom stereocenters. The first-order valence-corrected chi connectivity index (χ1v) is 9.10. The first-order valence-electron chi connectivity index (χ1n) is 9.10. The molecule has 0 bridgehead atoms. The topological polar surface area (TPSA) is 157 Å². The van der Waals surface area contributed by atoms with Gasteiger partial charge in [0.1, 0.15) is 0 Å². The molecule has 1 saturated heterocycles. The van der Waals surface area contributed by atoms with E-state index in [1.54, 1.807) is 9.80 Å². The Kier molecular flexibility index (Phi) is 11.4. The molecule has 1 aliphatic rings. The standard InChI is InChI=1S/C16H32N4O7/c21-11-13(14(23)12-22)20-4-2-17-1-3-18(9-15(24)25)5-6-19(7-8-20)10-16(26)27/h13-14,17,21-23H,1-12H2,(H,24,25)(H,26,27)/t13-,14-/m0/s1. The van der Waals surface area contributed by atoms with Crippen LogP contribution in [0.25, 0.3) is 0 Å². The molecule has 1 aliphatic heterocycles. The summed E-state index contributed by atoms with van der Waals surface area (Å²) in [6, 6.07) is -0.644. The summed E-state index contributed by atoms with van der Waals surface area (Å²) in [7, 11) is 0. The van der Waals surface area contributed by atoms with Crippen LogP contribution in [-0.2, 0) is 9.59 Å². The van der Waals surface area contributed by atoms with Gasteiger partial charge >= 0.3 is 11.9 Å². The van der Waals surface area contributed by atoms with E-state index >= 15 is 0 Å². The van der Waals surface area contributed by atoms with Crippen LogP contribution >= 0.6 is 0 Å². The molecule has 27 heavy (non-hydrogen) atoms. The maximum Gasteiger partial charge on any atom is 0.317 e. The van der Waals surface area contributed by atoms with Gasteiger partial charge in [0.15, 0.2) is 0 Å². The molecule has 1 rings (SSSR count). The molecule has 0 saturated carbocycles. The van der Waals surface area contributed by atoms with Crippen LogP contribution in [0.4, 0.5) is 0 Å². The largest absolute Gasteiger partial charge is 0.480 e. The molecule has 1 heterocycles. The predicted molar refractivity (Wildman–Crippen MR) is 96.6 cm³/mol. The number of aliphatic hydroxyl groups is 3. The van der Waals surface area contributed by atoms with Crippen molar-refractivity contribution in [3.05, 3.63) is 0 Å². The second-order valence-corrected chi connectivity index (χ2v) is 6.63. The summed E-state index contributed by atoms with van der Waals surface area (Å²) in [5.74, 6) is -1.91. The predicted octanol–water partition coefficient (Wildman–Crippen LogP) is -3.62. The highest BCUT2D eigenvalue weighted by atomic mass is 16.4. The maximum absolute atomic E-state index is 11.1. The Morgan fingerprint density at radius 1 is 0.815 bits per heavy atom. The maximum atomic E-state index is 11.1. The number of carboxylic acids is 2. The van der Waals surface area contributed by atoms with Crippen molar-refractivity contribution >= 4 is 11.9 Å². The zero-order valence-electron chi connectivity index (χ0n) is 15.5. The number of rotatable bonds is 8. The Morgan fingerprint density at radius 2 is 1.33 bits per heavy atom. The molecule has 0 aromatic rings. The summed E-state index contributed by atoms with van der Waals surface area (Å²) in [6.45, 7) is 2.61. The second-order valence-electron chi connectivity index (χ2n) is 6.63. The minimum Gasteiger partial charge on any atom is -0.480 e. The summed E-state index contributed by atoms with van der Waals surface area (Å²) < 4.78 is 0. The van der Waals surface area contributed by atoms with E-state index in [0.717, 1.165) is 0 Å². The van der Waals surface area contributed by atoms with E-state index in [4.69, 9.17) is 10.2 Å². The summed E-state index contributed by atoms with van der Waals surface area (Å²) in [6.07, 6.45) is -1.10. The van der Waals surface area contributed by atoms with Gasteiger partial charge in [-0.3, -0.25) is 24.3 Å². The highest BCUT2D eigenvalue weighted by Gasteiger charge is 2.26. The highest BCUT2D eigenvalue weighted by molar-refractivity contribution is 5.69. The van der Waals surface area contributed by atoms with E-state index in [-0.39, 0.29) is 19.7 Å². The van der Waals surface area contributed by atoms with E-state index < -0.39 is 30.7 Å². The number of carbonyl (C=O) groups is 2. The van der Waals surface area contributed by atoms with Gasteiger partial charge in [-0.05, 0) is 0 Å². The number of nitrogens with zero attached hydrogens (tertiary/aromatic N) is 3. The minimum absolute atomic E-state index is 0.107. The number of hydrogen-bond acceptors (Lipinski definition) is 9. The Morgan fingerprint density at radius 3 is 1.85 bits per heavy atom. The van der Waals surface area contributed by atoms with Crippen molar-refractivity contribution in [2.75, 3.05) is 78.7 Å². The van der Waals surface area contributed by atoms with Gasteiger partial charge in [0.25, 0.3) is 0 Å². The summed E-state index contributed by atoms with van der Waals surface area (Å²) in [4.78, 5) is 27.4. The van der Waals surface area contributed by atoms with Gasteiger partial charge < -0.3 is 30.8 Å². The molecule has 158 valence electrons. The smallest absolute Gasteiger partial charge is 0.317 e. The van der Waals surface area contributed by atoms with Crippen LogP contribution in [-0.4, -0.2) is 143 Å². The zero-order valence-corrected chi connectivity index (χ0v) is 15.5. The second kappa shape index (κ2) is 12.9. The lowest BCUT2D eigenvalue weighted by Crippen LogP contribution is -2.53. The molecule has 6 N–H and O–H groups in total. The zero-order chi connectivity index (χ0) is 20.2. The fraction of sp³-hybridized carbons (Fsp3) is 0.875. The minimum atomic E-state index is -1.10. The average Bonchev–Trinajstić information content (AvgIpc) is 2.60. The first kappa shape index (κ1) is 23.7. The third-order valence-corrected chi connectivity index (χ3v) is 4.62. The molecule has 0 radical (unpaired) electrons. The molecule has 1 fully saturated rings. The van der Waals surface area contributed by atoms with Crippen molar-refractivity contribution < 1.29 is 35.1 Å². The van der Waals surface area contributed by atoms with E-state index in [2.05, 4.69) is 5.32 Å². The van der Waals surface area contributed by atoms with Crippen LogP contribution in [0.3, 0.4) is 0 Å². The Bertz CT molecular complexity index is 454. The normalized spacial score (nSPS) is 21.7. The van der Waals surface area contributed by atoms with Crippen molar-refractivity contribution in [2.45, 2.75) is 12.1 Å². The average molecular weight is 392 g/mol. The molecular weight excluding hydrogens is 360 g/mol. The lowest BCUT2D eigenvalue weighted by molar-refractivity contribution is -0.140. The van der Waals surface area contributed by atoms with Crippen molar-refractivity contribution in [1.29, 1.82) is 0 Å². The van der Waals surface area contributed by atoms with Crippen LogP contribution in [0.2, 0.25) is 0 Å². The third-order valence-electron chi connectivity index (χ3n) is 4.62. The van der Waals surface area contributed by atoms with Gasteiger partial charge in [-0.1, -0.05) is 0 Å². The first-order chi connectivity index (χ1) is 12.9. The summed E-state index contributed by atoms with van der Waals surface area (Å²) >= 11 is 0. The summed E-state index contributed by atoms with van der Waals surface area (Å²) in [5, 5.41) is 50.1. The van der Waals surface area contributed by atoms with Gasteiger partial charge in [0.05, 0.1) is 38.4 Å². The molecule has 0 amide bonds. The molecule has 0 spiro atoms. The van der Waals surface area contributed by atoms with E-state index in [0.29, 0.717) is 52.4 Å². The Balaban J connectivity index is 2.82. The lowest BCUT2D eigenvalue weighted by atomic mass is 10.1. The van der Waals surface area contributed by atoms with Gasteiger partial charge in [-0.15, -0.1) is 0 Å². The fourth-order valence-corrected chi connectivity index (χ4v) is 3.11. The molecule has 11 nitrogen and oxygen atoms in total. The molecule has 0 aromatic heterocycles.